The predicted octanol–water partition coefficient (Wildman–Crippen LogP) is 2.32. The van der Waals surface area contributed by atoms with Gasteiger partial charge >= 0.3 is 0 Å². The van der Waals surface area contributed by atoms with Crippen molar-refractivity contribution in [3.05, 3.63) is 59.2 Å². The van der Waals surface area contributed by atoms with Gasteiger partial charge in [-0.25, -0.2) is 8.42 Å². The SMILES string of the molecule is Cc1ccc(S(=O)(=O)N2CCc3ccccc3C2)c(N)c1. The Hall–Kier alpha value is -1.85. The van der Waals surface area contributed by atoms with E-state index in [4.69, 9.17) is 5.73 Å². The monoisotopic (exact) mass is 302 g/mol. The fraction of sp³-hybridized carbons (Fsp3) is 0.250. The smallest absolute Gasteiger partial charge is 0.245 e. The molecule has 0 aliphatic carbocycles. The molecule has 21 heavy (non-hydrogen) atoms. The number of hydrogen-bond donors (Lipinski definition) is 1. The van der Waals surface area contributed by atoms with E-state index in [1.54, 1.807) is 18.2 Å². The van der Waals surface area contributed by atoms with E-state index in [2.05, 4.69) is 6.07 Å². The zero-order valence-corrected chi connectivity index (χ0v) is 12.7. The summed E-state index contributed by atoms with van der Waals surface area (Å²) in [6.45, 7) is 2.79. The lowest BCUT2D eigenvalue weighted by molar-refractivity contribution is 0.391. The Kier molecular flexibility index (Phi) is 3.47. The van der Waals surface area contributed by atoms with Crippen LogP contribution < -0.4 is 5.73 Å². The molecule has 4 nitrogen and oxygen atoms in total. The summed E-state index contributed by atoms with van der Waals surface area (Å²) in [6.07, 6.45) is 0.737. The number of nitrogens with two attached hydrogens (primary N) is 1. The quantitative estimate of drug-likeness (QED) is 0.866. The summed E-state index contributed by atoms with van der Waals surface area (Å²) in [5, 5.41) is 0. The highest BCUT2D eigenvalue weighted by Gasteiger charge is 2.29. The van der Waals surface area contributed by atoms with Crippen LogP contribution in [0.2, 0.25) is 0 Å². The number of aryl methyl sites for hydroxylation is 1. The van der Waals surface area contributed by atoms with Crippen LogP contribution in [-0.4, -0.2) is 19.3 Å². The Morgan fingerprint density at radius 2 is 1.81 bits per heavy atom. The summed E-state index contributed by atoms with van der Waals surface area (Å²) in [6, 6.07) is 13.0. The third-order valence-corrected chi connectivity index (χ3v) is 5.80. The van der Waals surface area contributed by atoms with E-state index < -0.39 is 10.0 Å². The molecule has 2 aromatic rings. The first kappa shape index (κ1) is 14.1. The van der Waals surface area contributed by atoms with Gasteiger partial charge in [0, 0.05) is 13.1 Å². The number of sulfonamides is 1. The highest BCUT2D eigenvalue weighted by molar-refractivity contribution is 7.89. The van der Waals surface area contributed by atoms with Gasteiger partial charge in [0.15, 0.2) is 0 Å². The van der Waals surface area contributed by atoms with Gasteiger partial charge in [0.05, 0.1) is 5.69 Å². The second kappa shape index (κ2) is 5.16. The normalized spacial score (nSPS) is 15.7. The Labute approximate surface area is 125 Å². The molecule has 3 rings (SSSR count). The van der Waals surface area contributed by atoms with E-state index in [1.165, 1.54) is 9.87 Å². The maximum absolute atomic E-state index is 12.8. The van der Waals surface area contributed by atoms with E-state index in [0.29, 0.717) is 18.8 Å². The van der Waals surface area contributed by atoms with Crippen molar-refractivity contribution in [2.45, 2.75) is 24.8 Å². The summed E-state index contributed by atoms with van der Waals surface area (Å²) < 4.78 is 27.1. The van der Waals surface area contributed by atoms with Crippen LogP contribution in [0.3, 0.4) is 0 Å². The fourth-order valence-corrected chi connectivity index (χ4v) is 4.23. The molecule has 1 heterocycles. The molecule has 0 saturated heterocycles. The standard InChI is InChI=1S/C16H18N2O2S/c1-12-6-7-16(15(17)10-12)21(19,20)18-9-8-13-4-2-3-5-14(13)11-18/h2-7,10H,8-9,11,17H2,1H3. The number of benzene rings is 2. The lowest BCUT2D eigenvalue weighted by atomic mass is 10.0. The molecular weight excluding hydrogens is 284 g/mol. The number of nitrogens with zero attached hydrogens (tertiary/aromatic N) is 1. The van der Waals surface area contributed by atoms with Crippen LogP contribution in [0.4, 0.5) is 5.69 Å². The van der Waals surface area contributed by atoms with Crippen molar-refractivity contribution in [3.8, 4) is 0 Å². The molecule has 0 spiro atoms. The summed E-state index contributed by atoms with van der Waals surface area (Å²) >= 11 is 0. The van der Waals surface area contributed by atoms with Crippen LogP contribution in [0.5, 0.6) is 0 Å². The summed E-state index contributed by atoms with van der Waals surface area (Å²) in [4.78, 5) is 0.201. The Morgan fingerprint density at radius 3 is 2.52 bits per heavy atom. The molecule has 0 radical (unpaired) electrons. The van der Waals surface area contributed by atoms with Crippen LogP contribution in [0.15, 0.2) is 47.4 Å². The van der Waals surface area contributed by atoms with Crippen LogP contribution in [0.25, 0.3) is 0 Å². The average molecular weight is 302 g/mol. The minimum atomic E-state index is -3.54. The molecule has 0 aromatic heterocycles. The number of rotatable bonds is 2. The van der Waals surface area contributed by atoms with Gasteiger partial charge in [-0.3, -0.25) is 0 Å². The van der Waals surface area contributed by atoms with Crippen LogP contribution in [0, 0.1) is 6.92 Å². The fourth-order valence-electron chi connectivity index (χ4n) is 2.72. The van der Waals surface area contributed by atoms with Crippen LogP contribution in [-0.2, 0) is 23.0 Å². The summed E-state index contributed by atoms with van der Waals surface area (Å²) in [7, 11) is -3.54. The minimum absolute atomic E-state index is 0.201. The first-order valence-corrected chi connectivity index (χ1v) is 8.35. The molecular formula is C16H18N2O2S. The highest BCUT2D eigenvalue weighted by Crippen LogP contribution is 2.28. The van der Waals surface area contributed by atoms with Gasteiger partial charge in [-0.05, 0) is 42.2 Å². The topological polar surface area (TPSA) is 63.4 Å². The van der Waals surface area contributed by atoms with Crippen molar-refractivity contribution in [1.29, 1.82) is 0 Å². The Morgan fingerprint density at radius 1 is 1.10 bits per heavy atom. The molecule has 110 valence electrons. The van der Waals surface area contributed by atoms with Crippen molar-refractivity contribution >= 4 is 15.7 Å². The third-order valence-electron chi connectivity index (χ3n) is 3.88. The van der Waals surface area contributed by atoms with Crippen molar-refractivity contribution in [2.75, 3.05) is 12.3 Å². The number of hydrogen-bond acceptors (Lipinski definition) is 3. The lowest BCUT2D eigenvalue weighted by Crippen LogP contribution is -2.36. The molecule has 5 heteroatoms. The molecule has 1 aliphatic heterocycles. The molecule has 0 amide bonds. The molecule has 0 saturated carbocycles. The predicted molar refractivity (Wildman–Crippen MR) is 83.3 cm³/mol. The molecule has 2 aromatic carbocycles. The van der Waals surface area contributed by atoms with Crippen molar-refractivity contribution in [2.24, 2.45) is 0 Å². The second-order valence-corrected chi connectivity index (χ2v) is 7.30. The van der Waals surface area contributed by atoms with E-state index in [9.17, 15) is 8.42 Å². The zero-order valence-electron chi connectivity index (χ0n) is 11.9. The van der Waals surface area contributed by atoms with E-state index in [-0.39, 0.29) is 4.90 Å². The number of fused-ring (bicyclic) bond motifs is 1. The van der Waals surface area contributed by atoms with Gasteiger partial charge in [0.1, 0.15) is 4.90 Å². The average Bonchev–Trinajstić information content (AvgIpc) is 2.46. The van der Waals surface area contributed by atoms with E-state index >= 15 is 0 Å². The molecule has 2 N–H and O–H groups in total. The minimum Gasteiger partial charge on any atom is -0.398 e. The number of nitrogen functional groups attached to an aromatic ring is 1. The van der Waals surface area contributed by atoms with Gasteiger partial charge in [-0.2, -0.15) is 4.31 Å². The van der Waals surface area contributed by atoms with Gasteiger partial charge in [0.2, 0.25) is 10.0 Å². The second-order valence-electron chi connectivity index (χ2n) is 5.40. The Balaban J connectivity index is 1.97. The first-order valence-electron chi connectivity index (χ1n) is 6.91. The molecule has 0 unspecified atom stereocenters. The van der Waals surface area contributed by atoms with Crippen LogP contribution in [0.1, 0.15) is 16.7 Å². The van der Waals surface area contributed by atoms with E-state index in [0.717, 1.165) is 17.5 Å². The number of anilines is 1. The molecule has 1 aliphatic rings. The highest BCUT2D eigenvalue weighted by atomic mass is 32.2. The maximum atomic E-state index is 12.8. The van der Waals surface area contributed by atoms with Crippen molar-refractivity contribution in [3.63, 3.8) is 0 Å². The summed E-state index contributed by atoms with van der Waals surface area (Å²) in [5.74, 6) is 0. The molecule has 0 fully saturated rings. The zero-order chi connectivity index (χ0) is 15.0. The molecule has 0 bridgehead atoms. The van der Waals surface area contributed by atoms with Gasteiger partial charge in [-0.15, -0.1) is 0 Å². The van der Waals surface area contributed by atoms with Crippen molar-refractivity contribution < 1.29 is 8.42 Å². The maximum Gasteiger partial charge on any atom is 0.245 e. The van der Waals surface area contributed by atoms with Gasteiger partial charge < -0.3 is 5.73 Å². The Bertz CT molecular complexity index is 785. The van der Waals surface area contributed by atoms with Gasteiger partial charge in [-0.1, -0.05) is 30.3 Å². The van der Waals surface area contributed by atoms with Gasteiger partial charge in [0.25, 0.3) is 0 Å². The van der Waals surface area contributed by atoms with Crippen molar-refractivity contribution in [1.82, 2.24) is 4.31 Å². The lowest BCUT2D eigenvalue weighted by Gasteiger charge is -2.28. The first-order chi connectivity index (χ1) is 9.98. The third kappa shape index (κ3) is 2.54. The summed E-state index contributed by atoms with van der Waals surface area (Å²) in [5.41, 5.74) is 9.46. The largest absolute Gasteiger partial charge is 0.398 e. The molecule has 0 atom stereocenters. The van der Waals surface area contributed by atoms with E-state index in [1.807, 2.05) is 25.1 Å². The van der Waals surface area contributed by atoms with Crippen LogP contribution >= 0.6 is 0 Å².